The maximum atomic E-state index is 11.9. The van der Waals surface area contributed by atoms with E-state index < -0.39 is 10.1 Å². The Kier molecular flexibility index (Phi) is 8.19. The van der Waals surface area contributed by atoms with Gasteiger partial charge in [0, 0.05) is 0 Å². The van der Waals surface area contributed by atoms with Gasteiger partial charge in [-0.2, -0.15) is 8.42 Å². The highest BCUT2D eigenvalue weighted by atomic mass is 35.5. The summed E-state index contributed by atoms with van der Waals surface area (Å²) >= 11 is 5.86. The van der Waals surface area contributed by atoms with Gasteiger partial charge in [0.2, 0.25) is 0 Å². The number of halogens is 1. The molecule has 0 bridgehead atoms. The summed E-state index contributed by atoms with van der Waals surface area (Å²) in [5, 5.41) is 0.201. The Morgan fingerprint density at radius 2 is 1.60 bits per heavy atom. The molecule has 20 heavy (non-hydrogen) atoms. The fourth-order valence-electron chi connectivity index (χ4n) is 1.94. The van der Waals surface area contributed by atoms with Crippen molar-refractivity contribution in [2.24, 2.45) is 0 Å². The summed E-state index contributed by atoms with van der Waals surface area (Å²) in [5.74, 6) is 0. The van der Waals surface area contributed by atoms with Gasteiger partial charge in [-0.15, -0.1) is 0 Å². The van der Waals surface area contributed by atoms with E-state index in [4.69, 9.17) is 15.8 Å². The van der Waals surface area contributed by atoms with E-state index in [0.29, 0.717) is 0 Å². The summed E-state index contributed by atoms with van der Waals surface area (Å²) in [5.41, 5.74) is 0. The lowest BCUT2D eigenvalue weighted by atomic mass is 10.1. The topological polar surface area (TPSA) is 43.4 Å². The molecule has 1 rings (SSSR count). The second-order valence-electron chi connectivity index (χ2n) is 4.83. The Balaban J connectivity index is 2.26. The Labute approximate surface area is 127 Å². The fraction of sp³-hybridized carbons (Fsp3) is 0.600. The molecule has 0 N–H and O–H groups in total. The van der Waals surface area contributed by atoms with E-state index in [9.17, 15) is 8.42 Å². The molecule has 114 valence electrons. The average Bonchev–Trinajstić information content (AvgIpc) is 2.42. The molecule has 0 unspecified atom stereocenters. The zero-order valence-corrected chi connectivity index (χ0v) is 13.5. The summed E-state index contributed by atoms with van der Waals surface area (Å²) in [6.45, 7) is 2.41. The summed E-state index contributed by atoms with van der Waals surface area (Å²) in [6.07, 6.45) is 7.88. The van der Waals surface area contributed by atoms with Crippen molar-refractivity contribution in [3.63, 3.8) is 0 Å². The SMILES string of the molecule is CCCCCCCCCOS(=O)(=O)c1ccccc1Cl. The van der Waals surface area contributed by atoms with E-state index in [0.717, 1.165) is 19.3 Å². The summed E-state index contributed by atoms with van der Waals surface area (Å²) < 4.78 is 28.9. The number of unbranched alkanes of at least 4 members (excludes halogenated alkanes) is 6. The first-order valence-electron chi connectivity index (χ1n) is 7.22. The molecule has 5 heteroatoms. The van der Waals surface area contributed by atoms with Crippen LogP contribution < -0.4 is 0 Å². The predicted molar refractivity (Wildman–Crippen MR) is 82.6 cm³/mol. The molecule has 0 aliphatic heterocycles. The molecule has 0 aliphatic carbocycles. The number of hydrogen-bond acceptors (Lipinski definition) is 3. The molecular weight excluding hydrogens is 296 g/mol. The van der Waals surface area contributed by atoms with Gasteiger partial charge in [-0.05, 0) is 18.6 Å². The van der Waals surface area contributed by atoms with Gasteiger partial charge in [0.15, 0.2) is 0 Å². The van der Waals surface area contributed by atoms with Crippen molar-refractivity contribution in [2.45, 2.75) is 56.8 Å². The molecule has 0 heterocycles. The van der Waals surface area contributed by atoms with E-state index >= 15 is 0 Å². The second kappa shape index (κ2) is 9.37. The average molecular weight is 319 g/mol. The Morgan fingerprint density at radius 1 is 1.00 bits per heavy atom. The van der Waals surface area contributed by atoms with Crippen LogP contribution in [0.15, 0.2) is 29.2 Å². The van der Waals surface area contributed by atoms with Crippen LogP contribution in [0.1, 0.15) is 51.9 Å². The molecule has 0 aliphatic rings. The zero-order chi connectivity index (χ0) is 14.8. The van der Waals surface area contributed by atoms with Crippen LogP contribution in [0.2, 0.25) is 5.02 Å². The van der Waals surface area contributed by atoms with Gasteiger partial charge >= 0.3 is 0 Å². The molecule has 0 aromatic heterocycles. The molecule has 3 nitrogen and oxygen atoms in total. The Bertz CT molecular complexity index is 486. The third-order valence-electron chi connectivity index (χ3n) is 3.09. The molecule has 0 saturated heterocycles. The third kappa shape index (κ3) is 6.25. The maximum Gasteiger partial charge on any atom is 0.298 e. The fourth-order valence-corrected chi connectivity index (χ4v) is 3.37. The minimum absolute atomic E-state index is 0.0459. The zero-order valence-electron chi connectivity index (χ0n) is 12.0. The minimum Gasteiger partial charge on any atom is -0.266 e. The standard InChI is InChI=1S/C15H23ClO3S/c1-2-3-4-5-6-7-10-13-19-20(17,18)15-12-9-8-11-14(15)16/h8-9,11-12H,2-7,10,13H2,1H3. The normalized spacial score (nSPS) is 11.7. The van der Waals surface area contributed by atoms with E-state index in [1.54, 1.807) is 18.2 Å². The van der Waals surface area contributed by atoms with Crippen molar-refractivity contribution in [3.05, 3.63) is 29.3 Å². The van der Waals surface area contributed by atoms with Crippen LogP contribution in [0.25, 0.3) is 0 Å². The van der Waals surface area contributed by atoms with E-state index in [2.05, 4.69) is 6.92 Å². The number of hydrogen-bond donors (Lipinski definition) is 0. The maximum absolute atomic E-state index is 11.9. The van der Waals surface area contributed by atoms with Crippen molar-refractivity contribution < 1.29 is 12.6 Å². The highest BCUT2D eigenvalue weighted by Crippen LogP contribution is 2.22. The lowest BCUT2D eigenvalue weighted by Crippen LogP contribution is -2.08. The monoisotopic (exact) mass is 318 g/mol. The molecule has 0 saturated carbocycles. The van der Waals surface area contributed by atoms with E-state index in [1.165, 1.54) is 31.7 Å². The van der Waals surface area contributed by atoms with Crippen LogP contribution in [0.3, 0.4) is 0 Å². The van der Waals surface area contributed by atoms with Gasteiger partial charge < -0.3 is 0 Å². The van der Waals surface area contributed by atoms with Crippen molar-refractivity contribution in [2.75, 3.05) is 6.61 Å². The summed E-state index contributed by atoms with van der Waals surface area (Å²) in [6, 6.07) is 6.33. The van der Waals surface area contributed by atoms with Gasteiger partial charge in [0.05, 0.1) is 11.6 Å². The first kappa shape index (κ1) is 17.5. The molecule has 0 spiro atoms. The van der Waals surface area contributed by atoms with Crippen LogP contribution >= 0.6 is 11.6 Å². The van der Waals surface area contributed by atoms with Crippen molar-refractivity contribution in [1.82, 2.24) is 0 Å². The highest BCUT2D eigenvalue weighted by molar-refractivity contribution is 7.86. The number of rotatable bonds is 10. The van der Waals surface area contributed by atoms with Gasteiger partial charge in [0.25, 0.3) is 10.1 Å². The first-order chi connectivity index (χ1) is 9.58. The molecule has 1 aromatic carbocycles. The van der Waals surface area contributed by atoms with Crippen LogP contribution in [-0.4, -0.2) is 15.0 Å². The van der Waals surface area contributed by atoms with Crippen LogP contribution in [-0.2, 0) is 14.3 Å². The van der Waals surface area contributed by atoms with Crippen LogP contribution in [0.5, 0.6) is 0 Å². The van der Waals surface area contributed by atoms with Gasteiger partial charge in [-0.1, -0.05) is 69.2 Å². The molecule has 0 amide bonds. The van der Waals surface area contributed by atoms with Gasteiger partial charge in [-0.3, -0.25) is 4.18 Å². The molecule has 0 radical (unpaired) electrons. The van der Waals surface area contributed by atoms with Crippen LogP contribution in [0.4, 0.5) is 0 Å². The highest BCUT2D eigenvalue weighted by Gasteiger charge is 2.17. The van der Waals surface area contributed by atoms with Gasteiger partial charge in [-0.25, -0.2) is 0 Å². The Morgan fingerprint density at radius 3 is 2.25 bits per heavy atom. The predicted octanol–water partition coefficient (Wildman–Crippen LogP) is 4.80. The molecule has 1 aromatic rings. The Hall–Kier alpha value is -0.580. The summed E-state index contributed by atoms with van der Waals surface area (Å²) in [4.78, 5) is 0.0459. The molecule has 0 fully saturated rings. The van der Waals surface area contributed by atoms with Crippen molar-refractivity contribution >= 4 is 21.7 Å². The summed E-state index contributed by atoms with van der Waals surface area (Å²) in [7, 11) is -3.72. The smallest absolute Gasteiger partial charge is 0.266 e. The van der Waals surface area contributed by atoms with Crippen molar-refractivity contribution in [3.8, 4) is 0 Å². The van der Waals surface area contributed by atoms with Crippen LogP contribution in [0, 0.1) is 0 Å². The van der Waals surface area contributed by atoms with E-state index in [-0.39, 0.29) is 16.5 Å². The lowest BCUT2D eigenvalue weighted by Gasteiger charge is -2.07. The van der Waals surface area contributed by atoms with E-state index in [1.807, 2.05) is 0 Å². The number of benzene rings is 1. The van der Waals surface area contributed by atoms with Crippen molar-refractivity contribution in [1.29, 1.82) is 0 Å². The quantitative estimate of drug-likeness (QED) is 0.460. The minimum atomic E-state index is -3.72. The first-order valence-corrected chi connectivity index (χ1v) is 9.00. The molecular formula is C15H23ClO3S. The second-order valence-corrected chi connectivity index (χ2v) is 6.82. The molecule has 0 atom stereocenters. The lowest BCUT2D eigenvalue weighted by molar-refractivity contribution is 0.306. The largest absolute Gasteiger partial charge is 0.298 e. The third-order valence-corrected chi connectivity index (χ3v) is 4.91. The van der Waals surface area contributed by atoms with Gasteiger partial charge in [0.1, 0.15) is 4.90 Å².